The molecule has 1 atom stereocenters. The predicted octanol–water partition coefficient (Wildman–Crippen LogP) is 1.89. The van der Waals surface area contributed by atoms with Crippen molar-refractivity contribution >= 4 is 5.91 Å². The van der Waals surface area contributed by atoms with Gasteiger partial charge < -0.3 is 5.73 Å². The van der Waals surface area contributed by atoms with Crippen LogP contribution in [0.2, 0.25) is 0 Å². The van der Waals surface area contributed by atoms with Gasteiger partial charge >= 0.3 is 6.18 Å². The molecule has 3 N–H and O–H groups in total. The summed E-state index contributed by atoms with van der Waals surface area (Å²) in [5.41, 5.74) is 4.48. The van der Waals surface area contributed by atoms with Crippen molar-refractivity contribution < 1.29 is 18.0 Å². The minimum atomic E-state index is -4.30. The number of nitrogens with two attached hydrogens (primary N) is 1. The van der Waals surface area contributed by atoms with Crippen LogP contribution in [-0.2, 0) is 4.79 Å². The Morgan fingerprint density at radius 2 is 1.76 bits per heavy atom. The van der Waals surface area contributed by atoms with Crippen LogP contribution in [0.4, 0.5) is 13.2 Å². The van der Waals surface area contributed by atoms with Gasteiger partial charge in [-0.1, -0.05) is 0 Å². The summed E-state index contributed by atoms with van der Waals surface area (Å²) in [6, 6.07) is -0.351. The Morgan fingerprint density at radius 3 is 2.05 bits per heavy atom. The van der Waals surface area contributed by atoms with Crippen molar-refractivity contribution in [1.82, 2.24) is 10.2 Å². The Labute approximate surface area is 124 Å². The lowest BCUT2D eigenvalue weighted by molar-refractivity contribution is -0.154. The highest BCUT2D eigenvalue weighted by atomic mass is 19.4. The molecule has 1 aliphatic rings. The fourth-order valence-corrected chi connectivity index (χ4v) is 2.71. The second-order valence-corrected chi connectivity index (χ2v) is 6.52. The van der Waals surface area contributed by atoms with E-state index in [0.717, 1.165) is 12.8 Å². The zero-order valence-corrected chi connectivity index (χ0v) is 13.1. The largest absolute Gasteiger partial charge is 0.401 e. The van der Waals surface area contributed by atoms with E-state index < -0.39 is 24.2 Å². The molecule has 1 unspecified atom stereocenters. The molecule has 7 heteroatoms. The Bertz CT molecular complexity index is 367. The molecular weight excluding hydrogens is 283 g/mol. The van der Waals surface area contributed by atoms with Gasteiger partial charge in [0.25, 0.3) is 0 Å². The van der Waals surface area contributed by atoms with Crippen molar-refractivity contribution in [1.29, 1.82) is 0 Å². The van der Waals surface area contributed by atoms with Crippen molar-refractivity contribution in [3.05, 3.63) is 0 Å². The molecule has 0 aromatic heterocycles. The molecule has 0 radical (unpaired) electrons. The number of nitrogens with zero attached hydrogens (tertiary/aromatic N) is 1. The molecule has 1 aliphatic carbocycles. The van der Waals surface area contributed by atoms with E-state index in [1.165, 1.54) is 4.90 Å². The van der Waals surface area contributed by atoms with Crippen LogP contribution in [0.1, 0.15) is 40.5 Å². The quantitative estimate of drug-likeness (QED) is 0.720. The maximum atomic E-state index is 12.7. The van der Waals surface area contributed by atoms with Gasteiger partial charge in [-0.15, -0.1) is 0 Å². The van der Waals surface area contributed by atoms with Gasteiger partial charge in [-0.3, -0.25) is 15.0 Å². The number of halogens is 3. The van der Waals surface area contributed by atoms with Crippen LogP contribution in [0.25, 0.3) is 0 Å². The Morgan fingerprint density at radius 1 is 1.24 bits per heavy atom. The van der Waals surface area contributed by atoms with Crippen molar-refractivity contribution in [2.75, 3.05) is 13.1 Å². The van der Waals surface area contributed by atoms with E-state index in [9.17, 15) is 18.0 Å². The third kappa shape index (κ3) is 5.14. The van der Waals surface area contributed by atoms with Gasteiger partial charge in [0.15, 0.2) is 0 Å². The summed E-state index contributed by atoms with van der Waals surface area (Å²) in [6.07, 6.45) is -2.66. The standard InChI is InChI=1S/C14H26F3N3O/c1-9(2)19-13(12(18)21,11-5-6-11)7-20(10(3)4)8-14(15,16)17/h9-11,19H,5-8H2,1-4H3,(H2,18,21). The third-order valence-corrected chi connectivity index (χ3v) is 3.83. The lowest BCUT2D eigenvalue weighted by Gasteiger charge is -2.40. The van der Waals surface area contributed by atoms with Gasteiger partial charge in [0, 0.05) is 18.6 Å². The monoisotopic (exact) mass is 309 g/mol. The molecule has 1 rings (SSSR count). The predicted molar refractivity (Wildman–Crippen MR) is 75.7 cm³/mol. The first-order valence-corrected chi connectivity index (χ1v) is 7.36. The number of amides is 1. The van der Waals surface area contributed by atoms with Crippen LogP contribution in [0.5, 0.6) is 0 Å². The van der Waals surface area contributed by atoms with Crippen LogP contribution in [0.15, 0.2) is 0 Å². The average Bonchev–Trinajstić information content (AvgIpc) is 3.07. The van der Waals surface area contributed by atoms with Crippen molar-refractivity contribution in [3.8, 4) is 0 Å². The van der Waals surface area contributed by atoms with E-state index in [1.807, 2.05) is 13.8 Å². The van der Waals surface area contributed by atoms with Gasteiger partial charge in [-0.05, 0) is 46.5 Å². The first kappa shape index (κ1) is 18.2. The summed E-state index contributed by atoms with van der Waals surface area (Å²) >= 11 is 0. The first-order chi connectivity index (χ1) is 9.48. The minimum Gasteiger partial charge on any atom is -0.368 e. The zero-order chi connectivity index (χ0) is 16.4. The molecule has 1 saturated carbocycles. The highest BCUT2D eigenvalue weighted by Crippen LogP contribution is 2.41. The van der Waals surface area contributed by atoms with Crippen LogP contribution in [0, 0.1) is 5.92 Å². The molecule has 21 heavy (non-hydrogen) atoms. The first-order valence-electron chi connectivity index (χ1n) is 7.36. The van der Waals surface area contributed by atoms with E-state index in [4.69, 9.17) is 5.73 Å². The van der Waals surface area contributed by atoms with E-state index in [0.29, 0.717) is 0 Å². The minimum absolute atomic E-state index is 0.0116. The maximum absolute atomic E-state index is 12.7. The molecule has 124 valence electrons. The van der Waals surface area contributed by atoms with Gasteiger partial charge in [0.05, 0.1) is 6.54 Å². The molecule has 0 heterocycles. The van der Waals surface area contributed by atoms with Gasteiger partial charge in [0.2, 0.25) is 5.91 Å². The van der Waals surface area contributed by atoms with Crippen molar-refractivity contribution in [2.24, 2.45) is 11.7 Å². The van der Waals surface area contributed by atoms with Gasteiger partial charge in [-0.2, -0.15) is 13.2 Å². The molecule has 0 saturated heterocycles. The number of hydrogen-bond donors (Lipinski definition) is 2. The number of alkyl halides is 3. The summed E-state index contributed by atoms with van der Waals surface area (Å²) in [4.78, 5) is 13.3. The number of nitrogens with one attached hydrogen (secondary N) is 1. The topological polar surface area (TPSA) is 58.4 Å². The van der Waals surface area contributed by atoms with Crippen molar-refractivity contribution in [2.45, 2.75) is 64.3 Å². The van der Waals surface area contributed by atoms with Crippen molar-refractivity contribution in [3.63, 3.8) is 0 Å². The second-order valence-electron chi connectivity index (χ2n) is 6.52. The zero-order valence-electron chi connectivity index (χ0n) is 13.1. The van der Waals surface area contributed by atoms with E-state index in [1.54, 1.807) is 13.8 Å². The van der Waals surface area contributed by atoms with Crippen LogP contribution < -0.4 is 11.1 Å². The highest BCUT2D eigenvalue weighted by molar-refractivity contribution is 5.86. The molecule has 0 aliphatic heterocycles. The number of primary amides is 1. The number of carbonyl (C=O) groups excluding carboxylic acids is 1. The fraction of sp³-hybridized carbons (Fsp3) is 0.929. The molecule has 0 spiro atoms. The smallest absolute Gasteiger partial charge is 0.368 e. The number of hydrogen-bond acceptors (Lipinski definition) is 3. The third-order valence-electron chi connectivity index (χ3n) is 3.83. The maximum Gasteiger partial charge on any atom is 0.401 e. The van der Waals surface area contributed by atoms with Gasteiger partial charge in [-0.25, -0.2) is 0 Å². The summed E-state index contributed by atoms with van der Waals surface area (Å²) in [7, 11) is 0. The Kier molecular flexibility index (Phi) is 5.66. The van der Waals surface area contributed by atoms with Crippen LogP contribution in [-0.4, -0.2) is 47.7 Å². The molecule has 1 amide bonds. The summed E-state index contributed by atoms with van der Waals surface area (Å²) in [5, 5.41) is 3.14. The van der Waals surface area contributed by atoms with E-state index in [2.05, 4.69) is 5.32 Å². The van der Waals surface area contributed by atoms with E-state index >= 15 is 0 Å². The molecule has 4 nitrogen and oxygen atoms in total. The summed E-state index contributed by atoms with van der Waals surface area (Å²) < 4.78 is 38.2. The molecule has 0 aromatic rings. The average molecular weight is 309 g/mol. The fourth-order valence-electron chi connectivity index (χ4n) is 2.71. The molecule has 0 aromatic carbocycles. The highest BCUT2D eigenvalue weighted by Gasteiger charge is 2.51. The lowest BCUT2D eigenvalue weighted by atomic mass is 9.89. The molecule has 0 bridgehead atoms. The Hall–Kier alpha value is -0.820. The van der Waals surface area contributed by atoms with Gasteiger partial charge in [0.1, 0.15) is 5.54 Å². The number of carbonyl (C=O) groups is 1. The van der Waals surface area contributed by atoms with Crippen LogP contribution >= 0.6 is 0 Å². The SMILES string of the molecule is CC(C)NC(CN(CC(F)(F)F)C(C)C)(C(N)=O)C1CC1. The second kappa shape index (κ2) is 6.52. The Balaban J connectivity index is 2.99. The van der Waals surface area contributed by atoms with Crippen LogP contribution in [0.3, 0.4) is 0 Å². The normalized spacial score (nSPS) is 19.3. The number of rotatable bonds is 8. The molecular formula is C14H26F3N3O. The van der Waals surface area contributed by atoms with E-state index in [-0.39, 0.29) is 24.5 Å². The summed E-state index contributed by atoms with van der Waals surface area (Å²) in [5.74, 6) is -0.543. The summed E-state index contributed by atoms with van der Waals surface area (Å²) in [6.45, 7) is 6.07. The lowest BCUT2D eigenvalue weighted by Crippen LogP contribution is -2.66. The molecule has 1 fully saturated rings.